The minimum absolute atomic E-state index is 0. The molecular formula is C30H25Cl3SiTi. The maximum absolute atomic E-state index is 2.48. The van der Waals surface area contributed by atoms with Crippen LogP contribution in [0.3, 0.4) is 0 Å². The maximum atomic E-state index is 2.48. The Labute approximate surface area is 240 Å². The summed E-state index contributed by atoms with van der Waals surface area (Å²) < 4.78 is 1.48. The summed E-state index contributed by atoms with van der Waals surface area (Å²) in [5.41, 5.74) is 2.86. The molecule has 0 atom stereocenters. The van der Waals surface area contributed by atoms with Gasteiger partial charge in [0.2, 0.25) is 0 Å². The van der Waals surface area contributed by atoms with E-state index in [9.17, 15) is 0 Å². The Morgan fingerprint density at radius 1 is 0.543 bits per heavy atom. The molecule has 0 unspecified atom stereocenters. The number of rotatable bonds is 6. The number of benzene rings is 4. The van der Waals surface area contributed by atoms with Crippen molar-refractivity contribution in [1.29, 1.82) is 0 Å². The second-order valence-electron chi connectivity index (χ2n) is 8.30. The van der Waals surface area contributed by atoms with Gasteiger partial charge in [0.15, 0.2) is 0 Å². The van der Waals surface area contributed by atoms with Gasteiger partial charge in [-0.3, -0.25) is 0 Å². The first kappa shape index (κ1) is 29.4. The van der Waals surface area contributed by atoms with Crippen LogP contribution in [-0.2, 0) is 26.9 Å². The predicted octanol–water partition coefficient (Wildman–Crippen LogP) is -3.92. The van der Waals surface area contributed by atoms with Gasteiger partial charge in [-0.2, -0.15) is 0 Å². The Balaban J connectivity index is 0.00000144. The molecule has 0 spiro atoms. The average Bonchev–Trinajstić information content (AvgIpc) is 3.22. The van der Waals surface area contributed by atoms with E-state index >= 15 is 0 Å². The first-order valence-corrected chi connectivity index (χ1v) is 13.9. The first-order chi connectivity index (χ1) is 15.8. The van der Waals surface area contributed by atoms with Crippen LogP contribution in [0.4, 0.5) is 0 Å². The summed E-state index contributed by atoms with van der Waals surface area (Å²) in [5, 5.41) is 6.00. The molecular weight excluding hydrogens is 543 g/mol. The van der Waals surface area contributed by atoms with E-state index in [0.717, 1.165) is 12.8 Å². The topological polar surface area (TPSA) is 0 Å². The van der Waals surface area contributed by atoms with Gasteiger partial charge < -0.3 is 37.2 Å². The standard InChI is InChI=1S/C30H25Si.3ClH.Ti/c1-5-13-25(14-6-1)23-26-21-22-30(24-26)31(27-15-7-2-8-16-27,28-17-9-3-10-18-28)29-19-11-4-12-20-29;;;;/h1-21H,22-23H2;3*1H;/q;;;;+3/p-3. The van der Waals surface area contributed by atoms with E-state index in [4.69, 9.17) is 0 Å². The van der Waals surface area contributed by atoms with Crippen molar-refractivity contribution in [1.82, 2.24) is 0 Å². The van der Waals surface area contributed by atoms with Crippen LogP contribution in [0.1, 0.15) is 12.0 Å². The monoisotopic (exact) mass is 566 g/mol. The van der Waals surface area contributed by atoms with Gasteiger partial charge >= 0.3 is 205 Å². The molecule has 0 radical (unpaired) electrons. The molecule has 0 aromatic heterocycles. The molecule has 0 fully saturated rings. The SMILES string of the molecule is [Cl-].[Cl-].[Cl-].[Ti+3][C]1=C([Si](c2ccccc2)(c2ccccc2)c2ccccc2)CC=C1Cc1ccccc1. The molecule has 1 aliphatic rings. The summed E-state index contributed by atoms with van der Waals surface area (Å²) in [6.45, 7) is 0. The Kier molecular flexibility index (Phi) is 11.3. The molecule has 0 amide bonds. The van der Waals surface area contributed by atoms with E-state index < -0.39 is 8.07 Å². The molecule has 0 saturated carbocycles. The average molecular weight is 568 g/mol. The number of hydrogen-bond donors (Lipinski definition) is 0. The van der Waals surface area contributed by atoms with Crippen LogP contribution in [0.25, 0.3) is 0 Å². The zero-order valence-corrected chi connectivity index (χ0v) is 24.0. The van der Waals surface area contributed by atoms with Crippen molar-refractivity contribution in [2.75, 3.05) is 0 Å². The molecule has 0 heterocycles. The first-order valence-electron chi connectivity index (χ1n) is 11.2. The summed E-state index contributed by atoms with van der Waals surface area (Å²) in [5.74, 6) is 0. The molecule has 4 aromatic rings. The van der Waals surface area contributed by atoms with Crippen LogP contribution in [0.5, 0.6) is 0 Å². The van der Waals surface area contributed by atoms with E-state index in [-0.39, 0.29) is 37.2 Å². The fourth-order valence-corrected chi connectivity index (χ4v) is 11.4. The summed E-state index contributed by atoms with van der Waals surface area (Å²) in [6.07, 6.45) is 4.51. The van der Waals surface area contributed by atoms with Crippen LogP contribution in [0, 0.1) is 0 Å². The zero-order chi connectivity index (χ0) is 21.8. The third-order valence-electron chi connectivity index (χ3n) is 6.49. The Morgan fingerprint density at radius 2 is 0.914 bits per heavy atom. The van der Waals surface area contributed by atoms with Crippen LogP contribution >= 0.6 is 0 Å². The molecule has 0 N–H and O–H groups in total. The van der Waals surface area contributed by atoms with E-state index in [1.165, 1.54) is 30.6 Å². The van der Waals surface area contributed by atoms with Gasteiger partial charge in [-0.05, 0) is 0 Å². The molecule has 4 aromatic carbocycles. The quantitative estimate of drug-likeness (QED) is 0.165. The van der Waals surface area contributed by atoms with Crippen molar-refractivity contribution < 1.29 is 57.7 Å². The summed E-state index contributed by atoms with van der Waals surface area (Å²) >= 11 is 2.35. The van der Waals surface area contributed by atoms with Crippen LogP contribution in [-0.4, -0.2) is 8.07 Å². The van der Waals surface area contributed by atoms with Crippen molar-refractivity contribution in [2.45, 2.75) is 12.8 Å². The molecule has 0 bridgehead atoms. The van der Waals surface area contributed by atoms with Crippen molar-refractivity contribution in [2.24, 2.45) is 0 Å². The Bertz CT molecular complexity index is 1160. The van der Waals surface area contributed by atoms with Crippen molar-refractivity contribution in [3.05, 3.63) is 148 Å². The van der Waals surface area contributed by atoms with Gasteiger partial charge in [0.25, 0.3) is 0 Å². The van der Waals surface area contributed by atoms with Gasteiger partial charge in [-0.15, -0.1) is 0 Å². The van der Waals surface area contributed by atoms with E-state index in [0.29, 0.717) is 0 Å². The molecule has 1 aliphatic carbocycles. The number of allylic oxidation sites excluding steroid dienone is 4. The molecule has 5 rings (SSSR count). The summed E-state index contributed by atoms with van der Waals surface area (Å²) in [6, 6.07) is 44.5. The molecule has 35 heavy (non-hydrogen) atoms. The van der Waals surface area contributed by atoms with Gasteiger partial charge in [-0.1, -0.05) is 0 Å². The fourth-order valence-electron chi connectivity index (χ4n) is 5.03. The van der Waals surface area contributed by atoms with Crippen LogP contribution < -0.4 is 52.8 Å². The molecule has 0 aliphatic heterocycles. The second-order valence-corrected chi connectivity index (χ2v) is 12.9. The van der Waals surface area contributed by atoms with E-state index in [1.54, 1.807) is 5.20 Å². The third kappa shape index (κ3) is 5.78. The van der Waals surface area contributed by atoms with E-state index in [1.807, 2.05) is 0 Å². The van der Waals surface area contributed by atoms with Gasteiger partial charge in [0.1, 0.15) is 0 Å². The summed E-state index contributed by atoms with van der Waals surface area (Å²) in [7, 11) is -2.39. The van der Waals surface area contributed by atoms with Crippen molar-refractivity contribution in [3.8, 4) is 0 Å². The number of halogens is 3. The Hall–Kier alpha value is -1.84. The zero-order valence-electron chi connectivity index (χ0n) is 19.2. The van der Waals surface area contributed by atoms with Crippen LogP contribution in [0.2, 0.25) is 0 Å². The predicted molar refractivity (Wildman–Crippen MR) is 134 cm³/mol. The molecule has 5 heteroatoms. The third-order valence-corrected chi connectivity index (χ3v) is 12.8. The Morgan fingerprint density at radius 3 is 1.31 bits per heavy atom. The minimum atomic E-state index is -2.39. The van der Waals surface area contributed by atoms with Gasteiger partial charge in [0, 0.05) is 0 Å². The normalized spacial score (nSPS) is 12.7. The summed E-state index contributed by atoms with van der Waals surface area (Å²) in [4.78, 5) is 0. The van der Waals surface area contributed by atoms with Gasteiger partial charge in [-0.25, -0.2) is 0 Å². The van der Waals surface area contributed by atoms with Crippen LogP contribution in [0.15, 0.2) is 142 Å². The van der Waals surface area contributed by atoms with Gasteiger partial charge in [0.05, 0.1) is 0 Å². The van der Waals surface area contributed by atoms with Crippen molar-refractivity contribution in [3.63, 3.8) is 0 Å². The second kappa shape index (κ2) is 13.5. The fraction of sp³-hybridized carbons (Fsp3) is 0.0667. The van der Waals surface area contributed by atoms with E-state index in [2.05, 4.69) is 148 Å². The molecule has 0 nitrogen and oxygen atoms in total. The molecule has 0 saturated heterocycles. The number of hydrogen-bond acceptors (Lipinski definition) is 0. The molecule has 174 valence electrons. The van der Waals surface area contributed by atoms with Crippen molar-refractivity contribution >= 4 is 23.6 Å².